The monoisotopic (exact) mass is 564 g/mol. The lowest BCUT2D eigenvalue weighted by molar-refractivity contribution is 0.415. The molecule has 0 aliphatic heterocycles. The average Bonchev–Trinajstić information content (AvgIpc) is 3.49. The van der Waals surface area contributed by atoms with Gasteiger partial charge in [0.15, 0.2) is 0 Å². The van der Waals surface area contributed by atoms with E-state index in [1.54, 1.807) is 7.11 Å². The molecule has 212 valence electrons. The van der Waals surface area contributed by atoms with Crippen LogP contribution in [0.5, 0.6) is 17.2 Å². The van der Waals surface area contributed by atoms with Crippen molar-refractivity contribution >= 4 is 21.8 Å². The van der Waals surface area contributed by atoms with Gasteiger partial charge >= 0.3 is 0 Å². The SMILES string of the molecule is COc1ccc2c(c1)c1ccc(Oc3cc(C)cc(-n4nc(C)c(-c5ccccc5)c4C)c3)cc1n2-c1cc(C)ccn1. The Kier molecular flexibility index (Phi) is 6.47. The third-order valence-electron chi connectivity index (χ3n) is 7.94. The van der Waals surface area contributed by atoms with Crippen molar-refractivity contribution in [3.05, 3.63) is 126 Å². The van der Waals surface area contributed by atoms with Crippen molar-refractivity contribution in [3.63, 3.8) is 0 Å². The zero-order valence-corrected chi connectivity index (χ0v) is 24.9. The number of ether oxygens (including phenoxy) is 2. The van der Waals surface area contributed by atoms with Crippen molar-refractivity contribution in [2.75, 3.05) is 7.11 Å². The summed E-state index contributed by atoms with van der Waals surface area (Å²) in [5.74, 6) is 3.17. The summed E-state index contributed by atoms with van der Waals surface area (Å²) < 4.78 is 16.3. The maximum Gasteiger partial charge on any atom is 0.137 e. The molecule has 0 unspecified atom stereocenters. The number of methoxy groups -OCH3 is 1. The molecule has 0 amide bonds. The fourth-order valence-electron chi connectivity index (χ4n) is 6.02. The van der Waals surface area contributed by atoms with Gasteiger partial charge in [0.2, 0.25) is 0 Å². The molecule has 0 saturated heterocycles. The van der Waals surface area contributed by atoms with Gasteiger partial charge in [-0.15, -0.1) is 0 Å². The molecule has 0 saturated carbocycles. The summed E-state index contributed by atoms with van der Waals surface area (Å²) in [7, 11) is 1.69. The van der Waals surface area contributed by atoms with Crippen LogP contribution in [0.4, 0.5) is 0 Å². The van der Waals surface area contributed by atoms with Crippen LogP contribution in [0.3, 0.4) is 0 Å². The Hall–Kier alpha value is -5.36. The number of hydrogen-bond acceptors (Lipinski definition) is 4. The first kappa shape index (κ1) is 26.5. The fraction of sp³-hybridized carbons (Fsp3) is 0.135. The highest BCUT2D eigenvalue weighted by atomic mass is 16.5. The first-order chi connectivity index (χ1) is 20.9. The van der Waals surface area contributed by atoms with E-state index in [0.29, 0.717) is 0 Å². The van der Waals surface area contributed by atoms with Gasteiger partial charge in [0.25, 0.3) is 0 Å². The molecule has 0 spiro atoms. The van der Waals surface area contributed by atoms with Crippen LogP contribution < -0.4 is 9.47 Å². The molecule has 0 aliphatic rings. The minimum atomic E-state index is 0.742. The molecule has 3 aromatic heterocycles. The molecular weight excluding hydrogens is 532 g/mol. The van der Waals surface area contributed by atoms with E-state index in [0.717, 1.165) is 84.2 Å². The van der Waals surface area contributed by atoms with Crippen molar-refractivity contribution in [1.82, 2.24) is 19.3 Å². The van der Waals surface area contributed by atoms with Gasteiger partial charge in [0.05, 0.1) is 29.5 Å². The lowest BCUT2D eigenvalue weighted by atomic mass is 10.0. The topological polar surface area (TPSA) is 54.1 Å². The van der Waals surface area contributed by atoms with Gasteiger partial charge in [-0.25, -0.2) is 9.67 Å². The zero-order valence-electron chi connectivity index (χ0n) is 24.9. The predicted molar refractivity (Wildman–Crippen MR) is 173 cm³/mol. The molecule has 0 bridgehead atoms. The lowest BCUT2D eigenvalue weighted by Gasteiger charge is -2.12. The smallest absolute Gasteiger partial charge is 0.137 e. The minimum Gasteiger partial charge on any atom is -0.497 e. The highest BCUT2D eigenvalue weighted by Crippen LogP contribution is 2.37. The van der Waals surface area contributed by atoms with E-state index in [1.807, 2.05) is 41.2 Å². The number of aromatic nitrogens is 4. The predicted octanol–water partition coefficient (Wildman–Crippen LogP) is 9.07. The van der Waals surface area contributed by atoms with Crippen LogP contribution in [-0.4, -0.2) is 26.4 Å². The summed E-state index contributed by atoms with van der Waals surface area (Å²) in [6, 6.07) is 33.1. The Morgan fingerprint density at radius 2 is 1.47 bits per heavy atom. The Bertz CT molecular complexity index is 2140. The number of rotatable bonds is 6. The normalized spacial score (nSPS) is 11.4. The van der Waals surface area contributed by atoms with Crippen molar-refractivity contribution in [2.45, 2.75) is 27.7 Å². The minimum absolute atomic E-state index is 0.742. The third kappa shape index (κ3) is 4.71. The molecule has 0 aliphatic carbocycles. The first-order valence-corrected chi connectivity index (χ1v) is 14.4. The largest absolute Gasteiger partial charge is 0.497 e. The van der Waals surface area contributed by atoms with E-state index in [-0.39, 0.29) is 0 Å². The molecule has 7 rings (SSSR count). The van der Waals surface area contributed by atoms with Crippen LogP contribution in [0.15, 0.2) is 103 Å². The third-order valence-corrected chi connectivity index (χ3v) is 7.94. The molecule has 43 heavy (non-hydrogen) atoms. The molecule has 7 aromatic rings. The van der Waals surface area contributed by atoms with Gasteiger partial charge in [0.1, 0.15) is 23.1 Å². The number of pyridine rings is 1. The molecule has 3 heterocycles. The van der Waals surface area contributed by atoms with Crippen LogP contribution in [0.1, 0.15) is 22.5 Å². The van der Waals surface area contributed by atoms with Gasteiger partial charge < -0.3 is 9.47 Å². The fourth-order valence-corrected chi connectivity index (χ4v) is 6.02. The first-order valence-electron chi connectivity index (χ1n) is 14.4. The van der Waals surface area contributed by atoms with E-state index in [9.17, 15) is 0 Å². The maximum atomic E-state index is 6.55. The van der Waals surface area contributed by atoms with Gasteiger partial charge in [0, 0.05) is 40.4 Å². The number of aryl methyl sites for hydroxylation is 3. The van der Waals surface area contributed by atoms with E-state index in [2.05, 4.69) is 99.0 Å². The van der Waals surface area contributed by atoms with Crippen LogP contribution >= 0.6 is 0 Å². The Labute approximate surface area is 250 Å². The number of nitrogens with zero attached hydrogens (tertiary/aromatic N) is 4. The van der Waals surface area contributed by atoms with Crippen molar-refractivity contribution in [2.24, 2.45) is 0 Å². The molecule has 6 nitrogen and oxygen atoms in total. The molecule has 0 radical (unpaired) electrons. The second kappa shape index (κ2) is 10.5. The van der Waals surface area contributed by atoms with Crippen LogP contribution in [0.25, 0.3) is 44.4 Å². The van der Waals surface area contributed by atoms with Crippen molar-refractivity contribution < 1.29 is 9.47 Å². The Morgan fingerprint density at radius 1 is 0.651 bits per heavy atom. The van der Waals surface area contributed by atoms with Crippen molar-refractivity contribution in [1.29, 1.82) is 0 Å². The number of fused-ring (bicyclic) bond motifs is 3. The quantitative estimate of drug-likeness (QED) is 0.202. The molecule has 4 aromatic carbocycles. The highest BCUT2D eigenvalue weighted by Gasteiger charge is 2.17. The summed E-state index contributed by atoms with van der Waals surface area (Å²) in [5.41, 5.74) is 9.67. The molecule has 6 heteroatoms. The molecule has 0 atom stereocenters. The van der Waals surface area contributed by atoms with Gasteiger partial charge in [-0.05, 0) is 99.0 Å². The average molecular weight is 565 g/mol. The Morgan fingerprint density at radius 3 is 2.26 bits per heavy atom. The summed E-state index contributed by atoms with van der Waals surface area (Å²) in [4.78, 5) is 4.72. The van der Waals surface area contributed by atoms with E-state index in [4.69, 9.17) is 19.6 Å². The Balaban J connectivity index is 1.32. The van der Waals surface area contributed by atoms with Gasteiger partial charge in [-0.3, -0.25) is 4.57 Å². The highest BCUT2D eigenvalue weighted by molar-refractivity contribution is 6.10. The van der Waals surface area contributed by atoms with Crippen LogP contribution in [0.2, 0.25) is 0 Å². The van der Waals surface area contributed by atoms with Crippen molar-refractivity contribution in [3.8, 4) is 39.9 Å². The second-order valence-electron chi connectivity index (χ2n) is 11.0. The van der Waals surface area contributed by atoms with E-state index >= 15 is 0 Å². The maximum absolute atomic E-state index is 6.55. The van der Waals surface area contributed by atoms with E-state index in [1.165, 1.54) is 0 Å². The molecular formula is C37H32N4O2. The number of hydrogen-bond donors (Lipinski definition) is 0. The summed E-state index contributed by atoms with van der Waals surface area (Å²) in [6.45, 7) is 8.34. The van der Waals surface area contributed by atoms with Crippen LogP contribution in [-0.2, 0) is 0 Å². The summed E-state index contributed by atoms with van der Waals surface area (Å²) >= 11 is 0. The standard InChI is InChI=1S/C37H32N4O2/c1-23-15-16-38-36(19-23)40-34-14-12-29(42-5)21-33(34)32-13-11-30(22-35(32)40)43-31-18-24(2)17-28(20-31)41-26(4)37(25(3)39-41)27-9-7-6-8-10-27/h6-22H,1-5H3. The second-order valence-corrected chi connectivity index (χ2v) is 11.0. The van der Waals surface area contributed by atoms with Gasteiger partial charge in [-0.2, -0.15) is 5.10 Å². The van der Waals surface area contributed by atoms with Crippen LogP contribution in [0, 0.1) is 27.7 Å². The van der Waals surface area contributed by atoms with E-state index < -0.39 is 0 Å². The lowest BCUT2D eigenvalue weighted by Crippen LogP contribution is -2.00. The molecule has 0 fully saturated rings. The summed E-state index contributed by atoms with van der Waals surface area (Å²) in [6.07, 6.45) is 1.85. The zero-order chi connectivity index (χ0) is 29.7. The van der Waals surface area contributed by atoms with Gasteiger partial charge in [-0.1, -0.05) is 30.3 Å². The summed E-state index contributed by atoms with van der Waals surface area (Å²) in [5, 5.41) is 7.12. The molecule has 0 N–H and O–H groups in total. The number of benzene rings is 4.